The molecule has 3 nitrogen and oxygen atoms in total. The highest BCUT2D eigenvalue weighted by atomic mass is 35.5. The van der Waals surface area contributed by atoms with E-state index in [2.05, 4.69) is 0 Å². The van der Waals surface area contributed by atoms with Gasteiger partial charge in [0.2, 0.25) is 0 Å². The number of benzene rings is 1. The fourth-order valence-electron chi connectivity index (χ4n) is 2.35. The number of ether oxygens (including phenoxy) is 1. The van der Waals surface area contributed by atoms with Crippen LogP contribution < -0.4 is 0 Å². The average Bonchev–Trinajstić information content (AvgIpc) is 3.00. The first-order valence-corrected chi connectivity index (χ1v) is 6.56. The van der Waals surface area contributed by atoms with Gasteiger partial charge in [0.1, 0.15) is 0 Å². The molecule has 1 aliphatic carbocycles. The Kier molecular flexibility index (Phi) is 3.93. The third-order valence-electron chi connectivity index (χ3n) is 3.54. The molecule has 1 saturated carbocycles. The zero-order valence-electron chi connectivity index (χ0n) is 10.4. The molecule has 1 fully saturated rings. The average molecular weight is 269 g/mol. The van der Waals surface area contributed by atoms with Crippen LogP contribution in [0.1, 0.15) is 31.7 Å². The number of aliphatic hydroxyl groups is 1. The second kappa shape index (κ2) is 5.29. The van der Waals surface area contributed by atoms with Crippen LogP contribution in [-0.2, 0) is 14.9 Å². The molecule has 18 heavy (non-hydrogen) atoms. The van der Waals surface area contributed by atoms with Crippen molar-refractivity contribution in [2.24, 2.45) is 0 Å². The largest absolute Gasteiger partial charge is 0.466 e. The maximum absolute atomic E-state index is 11.4. The number of hydrogen-bond acceptors (Lipinski definition) is 3. The SMILES string of the molecule is CCOC(=O)CCC1(c2ccc(Cl)cc2)CC1O. The number of esters is 1. The molecular weight excluding hydrogens is 252 g/mol. The molecule has 0 spiro atoms. The second-order valence-corrected chi connectivity index (χ2v) is 5.12. The lowest BCUT2D eigenvalue weighted by Crippen LogP contribution is -2.16. The quantitative estimate of drug-likeness (QED) is 0.835. The molecule has 4 heteroatoms. The lowest BCUT2D eigenvalue weighted by molar-refractivity contribution is -0.143. The van der Waals surface area contributed by atoms with Crippen LogP contribution in [0.15, 0.2) is 24.3 Å². The van der Waals surface area contributed by atoms with E-state index in [4.69, 9.17) is 16.3 Å². The van der Waals surface area contributed by atoms with Crippen LogP contribution in [0.5, 0.6) is 0 Å². The monoisotopic (exact) mass is 268 g/mol. The highest BCUT2D eigenvalue weighted by Gasteiger charge is 2.54. The Labute approximate surface area is 112 Å². The number of carbonyl (C=O) groups is 1. The van der Waals surface area contributed by atoms with Crippen LogP contribution in [0.25, 0.3) is 0 Å². The van der Waals surface area contributed by atoms with Gasteiger partial charge in [0.25, 0.3) is 0 Å². The zero-order chi connectivity index (χ0) is 13.2. The molecule has 1 aromatic rings. The van der Waals surface area contributed by atoms with Crippen LogP contribution in [0.2, 0.25) is 5.02 Å². The predicted molar refractivity (Wildman–Crippen MR) is 69.6 cm³/mol. The van der Waals surface area contributed by atoms with Crippen LogP contribution in [-0.4, -0.2) is 23.8 Å². The zero-order valence-corrected chi connectivity index (χ0v) is 11.1. The molecule has 2 rings (SSSR count). The van der Waals surface area contributed by atoms with Gasteiger partial charge in [0.05, 0.1) is 12.7 Å². The van der Waals surface area contributed by atoms with Crippen molar-refractivity contribution in [2.75, 3.05) is 6.61 Å². The first-order valence-electron chi connectivity index (χ1n) is 6.18. The normalized spacial score (nSPS) is 25.8. The standard InChI is InChI=1S/C14H17ClO3/c1-2-18-13(17)7-8-14(9-12(14)16)10-3-5-11(15)6-4-10/h3-6,12,16H,2,7-9H2,1H3. The van der Waals surface area contributed by atoms with E-state index in [0.717, 1.165) is 5.56 Å². The van der Waals surface area contributed by atoms with Crippen LogP contribution in [0.3, 0.4) is 0 Å². The van der Waals surface area contributed by atoms with Gasteiger partial charge in [-0.3, -0.25) is 4.79 Å². The topological polar surface area (TPSA) is 46.5 Å². The summed E-state index contributed by atoms with van der Waals surface area (Å²) in [6.45, 7) is 2.19. The van der Waals surface area contributed by atoms with E-state index in [9.17, 15) is 9.90 Å². The van der Waals surface area contributed by atoms with Gasteiger partial charge in [-0.05, 0) is 37.5 Å². The van der Waals surface area contributed by atoms with Gasteiger partial charge in [-0.15, -0.1) is 0 Å². The summed E-state index contributed by atoms with van der Waals surface area (Å²) in [5.74, 6) is -0.204. The van der Waals surface area contributed by atoms with Crippen LogP contribution in [0, 0.1) is 0 Å². The molecule has 0 amide bonds. The lowest BCUT2D eigenvalue weighted by Gasteiger charge is -2.16. The Bertz CT molecular complexity index is 429. The van der Waals surface area contributed by atoms with E-state index in [1.807, 2.05) is 24.3 Å². The fraction of sp³-hybridized carbons (Fsp3) is 0.500. The summed E-state index contributed by atoms with van der Waals surface area (Å²) < 4.78 is 4.91. The Hall–Kier alpha value is -1.06. The molecule has 1 aliphatic rings. The number of rotatable bonds is 5. The third kappa shape index (κ3) is 2.68. The molecule has 98 valence electrons. The fourth-order valence-corrected chi connectivity index (χ4v) is 2.48. The Morgan fingerprint density at radius 1 is 1.50 bits per heavy atom. The summed E-state index contributed by atoms with van der Waals surface area (Å²) >= 11 is 5.85. The molecule has 0 heterocycles. The van der Waals surface area contributed by atoms with Gasteiger partial charge in [0, 0.05) is 16.9 Å². The number of carbonyl (C=O) groups excluding carboxylic acids is 1. The van der Waals surface area contributed by atoms with E-state index in [-0.39, 0.29) is 17.5 Å². The molecule has 0 saturated heterocycles. The molecule has 0 aromatic heterocycles. The van der Waals surface area contributed by atoms with Crippen LogP contribution in [0.4, 0.5) is 0 Å². The number of hydrogen-bond donors (Lipinski definition) is 1. The lowest BCUT2D eigenvalue weighted by atomic mass is 9.90. The van der Waals surface area contributed by atoms with E-state index in [0.29, 0.717) is 30.9 Å². The minimum atomic E-state index is -0.367. The van der Waals surface area contributed by atoms with Gasteiger partial charge in [-0.2, -0.15) is 0 Å². The van der Waals surface area contributed by atoms with Crippen molar-refractivity contribution in [3.8, 4) is 0 Å². The van der Waals surface area contributed by atoms with E-state index in [1.54, 1.807) is 6.92 Å². The molecule has 0 aliphatic heterocycles. The van der Waals surface area contributed by atoms with Crippen molar-refractivity contribution < 1.29 is 14.6 Å². The van der Waals surface area contributed by atoms with Gasteiger partial charge in [0.15, 0.2) is 0 Å². The van der Waals surface area contributed by atoms with Crippen molar-refractivity contribution in [2.45, 2.75) is 37.7 Å². The summed E-state index contributed by atoms with van der Waals surface area (Å²) in [5.41, 5.74) is 0.765. The van der Waals surface area contributed by atoms with Gasteiger partial charge in [-0.1, -0.05) is 23.7 Å². The van der Waals surface area contributed by atoms with E-state index >= 15 is 0 Å². The van der Waals surface area contributed by atoms with Crippen molar-refractivity contribution >= 4 is 17.6 Å². The summed E-state index contributed by atoms with van der Waals surface area (Å²) in [6, 6.07) is 7.47. The minimum Gasteiger partial charge on any atom is -0.466 e. The summed E-state index contributed by atoms with van der Waals surface area (Å²) in [5, 5.41) is 10.5. The van der Waals surface area contributed by atoms with Crippen molar-refractivity contribution in [3.05, 3.63) is 34.9 Å². The minimum absolute atomic E-state index is 0.204. The molecular formula is C14H17ClO3. The van der Waals surface area contributed by atoms with Gasteiger partial charge < -0.3 is 9.84 Å². The summed E-state index contributed by atoms with van der Waals surface area (Å²) in [4.78, 5) is 11.4. The highest BCUT2D eigenvalue weighted by molar-refractivity contribution is 6.30. The number of halogens is 1. The summed E-state index contributed by atoms with van der Waals surface area (Å²) in [7, 11) is 0. The Morgan fingerprint density at radius 3 is 2.61 bits per heavy atom. The van der Waals surface area contributed by atoms with Gasteiger partial charge in [-0.25, -0.2) is 0 Å². The first kappa shape index (κ1) is 13.4. The van der Waals surface area contributed by atoms with Crippen molar-refractivity contribution in [1.29, 1.82) is 0 Å². The predicted octanol–water partition coefficient (Wildman–Crippen LogP) is 2.69. The van der Waals surface area contributed by atoms with E-state index in [1.165, 1.54) is 0 Å². The third-order valence-corrected chi connectivity index (χ3v) is 3.79. The molecule has 1 N–H and O–H groups in total. The maximum atomic E-state index is 11.4. The Balaban J connectivity index is 2.03. The molecule has 2 atom stereocenters. The van der Waals surface area contributed by atoms with Crippen LogP contribution >= 0.6 is 11.6 Å². The van der Waals surface area contributed by atoms with Gasteiger partial charge >= 0.3 is 5.97 Å². The maximum Gasteiger partial charge on any atom is 0.305 e. The molecule has 0 radical (unpaired) electrons. The van der Waals surface area contributed by atoms with E-state index < -0.39 is 0 Å². The van der Waals surface area contributed by atoms with Crippen molar-refractivity contribution in [3.63, 3.8) is 0 Å². The van der Waals surface area contributed by atoms with Crippen molar-refractivity contribution in [1.82, 2.24) is 0 Å². The first-order chi connectivity index (χ1) is 8.58. The molecule has 0 bridgehead atoms. The number of aliphatic hydroxyl groups excluding tert-OH is 1. The smallest absolute Gasteiger partial charge is 0.305 e. The Morgan fingerprint density at radius 2 is 2.11 bits per heavy atom. The molecule has 1 aromatic carbocycles. The summed E-state index contributed by atoms with van der Waals surface area (Å²) in [6.07, 6.45) is 1.30. The molecule has 2 unspecified atom stereocenters. The highest BCUT2D eigenvalue weighted by Crippen LogP contribution is 2.52. The second-order valence-electron chi connectivity index (χ2n) is 4.69.